The summed E-state index contributed by atoms with van der Waals surface area (Å²) in [5.41, 5.74) is 0. The van der Waals surface area contributed by atoms with Gasteiger partial charge in [0.2, 0.25) is 0 Å². The van der Waals surface area contributed by atoms with E-state index in [1.807, 2.05) is 6.92 Å². The van der Waals surface area contributed by atoms with Crippen molar-refractivity contribution in [1.29, 1.82) is 0 Å². The van der Waals surface area contributed by atoms with Gasteiger partial charge in [0.05, 0.1) is 12.0 Å². The molecule has 0 spiro atoms. The third-order valence-corrected chi connectivity index (χ3v) is 9.75. The summed E-state index contributed by atoms with van der Waals surface area (Å²) in [5, 5.41) is 0. The van der Waals surface area contributed by atoms with Gasteiger partial charge >= 0.3 is 5.97 Å². The van der Waals surface area contributed by atoms with E-state index in [2.05, 4.69) is 0 Å². The fraction of sp³-hybridized carbons (Fsp3) is 0.958. The number of carbonyl (C=O) groups excluding carboxylic acids is 1. The van der Waals surface area contributed by atoms with Crippen LogP contribution in [0.25, 0.3) is 0 Å². The molecular formula is C24H36O3. The second-order valence-corrected chi connectivity index (χ2v) is 11.1. The molecule has 7 rings (SSSR count). The van der Waals surface area contributed by atoms with Gasteiger partial charge in [-0.15, -0.1) is 0 Å². The fourth-order valence-electron chi connectivity index (χ4n) is 9.11. The topological polar surface area (TPSA) is 35.5 Å². The summed E-state index contributed by atoms with van der Waals surface area (Å²) < 4.78 is 12.3. The summed E-state index contributed by atoms with van der Waals surface area (Å²) in [4.78, 5) is 13.0. The van der Waals surface area contributed by atoms with Crippen LogP contribution in [0.2, 0.25) is 0 Å². The van der Waals surface area contributed by atoms with Crippen molar-refractivity contribution in [2.75, 3.05) is 0 Å². The summed E-state index contributed by atoms with van der Waals surface area (Å²) in [5.74, 6) is 6.76. The van der Waals surface area contributed by atoms with E-state index in [1.165, 1.54) is 64.2 Å². The summed E-state index contributed by atoms with van der Waals surface area (Å²) in [6.45, 7) is 1.97. The van der Waals surface area contributed by atoms with Gasteiger partial charge in [-0.1, -0.05) is 12.8 Å². The molecule has 6 atom stereocenters. The molecule has 6 unspecified atom stereocenters. The molecule has 3 nitrogen and oxygen atoms in total. The largest absolute Gasteiger partial charge is 0.436 e. The maximum atomic E-state index is 13.0. The highest BCUT2D eigenvalue weighted by Gasteiger charge is 2.55. The molecule has 6 bridgehead atoms. The Morgan fingerprint density at radius 3 is 2.15 bits per heavy atom. The lowest BCUT2D eigenvalue weighted by Crippen LogP contribution is -2.50. The van der Waals surface area contributed by atoms with Gasteiger partial charge in [0, 0.05) is 0 Å². The second-order valence-electron chi connectivity index (χ2n) is 11.1. The minimum Gasteiger partial charge on any atom is -0.436 e. The average molecular weight is 373 g/mol. The molecule has 0 heterocycles. The predicted octanol–water partition coefficient (Wildman–Crippen LogP) is 5.18. The van der Waals surface area contributed by atoms with Crippen molar-refractivity contribution in [2.24, 2.45) is 53.3 Å². The Hall–Kier alpha value is -0.570. The van der Waals surface area contributed by atoms with Crippen LogP contribution in [0.15, 0.2) is 0 Å². The molecule has 7 fully saturated rings. The molecule has 0 amide bonds. The Kier molecular flexibility index (Phi) is 4.15. The first-order chi connectivity index (χ1) is 13.2. The van der Waals surface area contributed by atoms with Crippen molar-refractivity contribution in [2.45, 2.75) is 89.9 Å². The van der Waals surface area contributed by atoms with Crippen LogP contribution in [0.5, 0.6) is 0 Å². The van der Waals surface area contributed by atoms with Gasteiger partial charge in [0.15, 0.2) is 6.29 Å². The average Bonchev–Trinajstić information content (AvgIpc) is 3.24. The first-order valence-corrected chi connectivity index (χ1v) is 12.0. The molecular weight excluding hydrogens is 336 g/mol. The van der Waals surface area contributed by atoms with Gasteiger partial charge in [-0.05, 0) is 112 Å². The van der Waals surface area contributed by atoms with Crippen LogP contribution in [0, 0.1) is 53.3 Å². The molecule has 0 aromatic carbocycles. The SMILES string of the molecule is CC(OC(=O)C1CC2CC1C1CCCCC21)OC1C2CC3CC(C2)CC1C3. The van der Waals surface area contributed by atoms with Crippen molar-refractivity contribution in [3.8, 4) is 0 Å². The van der Waals surface area contributed by atoms with Gasteiger partial charge in [0.1, 0.15) is 0 Å². The predicted molar refractivity (Wildman–Crippen MR) is 103 cm³/mol. The summed E-state index contributed by atoms with van der Waals surface area (Å²) in [6.07, 6.45) is 14.8. The van der Waals surface area contributed by atoms with E-state index in [1.54, 1.807) is 0 Å². The van der Waals surface area contributed by atoms with Gasteiger partial charge in [-0.2, -0.15) is 0 Å². The van der Waals surface area contributed by atoms with Crippen LogP contribution in [0.3, 0.4) is 0 Å². The first-order valence-electron chi connectivity index (χ1n) is 12.0. The number of rotatable bonds is 4. The molecule has 150 valence electrons. The Morgan fingerprint density at radius 2 is 1.44 bits per heavy atom. The van der Waals surface area contributed by atoms with Crippen molar-refractivity contribution < 1.29 is 14.3 Å². The normalized spacial score (nSPS) is 53.4. The molecule has 7 aliphatic rings. The van der Waals surface area contributed by atoms with Gasteiger partial charge < -0.3 is 9.47 Å². The lowest BCUT2D eigenvalue weighted by Gasteiger charge is -2.54. The lowest BCUT2D eigenvalue weighted by atomic mass is 9.55. The zero-order valence-corrected chi connectivity index (χ0v) is 16.9. The quantitative estimate of drug-likeness (QED) is 0.504. The molecule has 7 saturated carbocycles. The molecule has 0 aromatic rings. The highest BCUT2D eigenvalue weighted by molar-refractivity contribution is 5.73. The molecule has 27 heavy (non-hydrogen) atoms. The zero-order chi connectivity index (χ0) is 18.1. The number of hydrogen-bond donors (Lipinski definition) is 0. The summed E-state index contributed by atoms with van der Waals surface area (Å²) >= 11 is 0. The van der Waals surface area contributed by atoms with Crippen LogP contribution in [-0.2, 0) is 14.3 Å². The second kappa shape index (κ2) is 6.47. The lowest BCUT2D eigenvalue weighted by molar-refractivity contribution is -0.223. The van der Waals surface area contributed by atoms with E-state index in [4.69, 9.17) is 9.47 Å². The maximum Gasteiger partial charge on any atom is 0.311 e. The molecule has 0 radical (unpaired) electrons. The number of ether oxygens (including phenoxy) is 2. The van der Waals surface area contributed by atoms with Gasteiger partial charge in [0.25, 0.3) is 0 Å². The van der Waals surface area contributed by atoms with Gasteiger partial charge in [-0.25, -0.2) is 0 Å². The monoisotopic (exact) mass is 372 g/mol. The Bertz CT molecular complexity index is 572. The molecule has 0 aromatic heterocycles. The van der Waals surface area contributed by atoms with E-state index in [0.29, 0.717) is 12.0 Å². The Balaban J connectivity index is 1.06. The number of fused-ring (bicyclic) bond motifs is 5. The minimum absolute atomic E-state index is 0.0582. The molecule has 0 aliphatic heterocycles. The highest BCUT2D eigenvalue weighted by atomic mass is 16.7. The van der Waals surface area contributed by atoms with E-state index in [0.717, 1.165) is 47.8 Å². The standard InChI is InChI=1S/C24H36O3/c1-13(26-23-17-7-14-6-15(9-17)10-18(23)8-14)27-24(25)22-12-16-11-21(22)20-5-3-2-4-19(16)20/h13-23H,2-12H2,1H3. The summed E-state index contributed by atoms with van der Waals surface area (Å²) in [6, 6.07) is 0. The highest BCUT2D eigenvalue weighted by Crippen LogP contribution is 2.60. The third-order valence-electron chi connectivity index (χ3n) is 9.75. The van der Waals surface area contributed by atoms with Crippen molar-refractivity contribution in [1.82, 2.24) is 0 Å². The zero-order valence-electron chi connectivity index (χ0n) is 16.9. The molecule has 3 heteroatoms. The molecule has 0 N–H and O–H groups in total. The molecule has 7 aliphatic carbocycles. The number of carbonyl (C=O) groups is 1. The van der Waals surface area contributed by atoms with E-state index < -0.39 is 0 Å². The minimum atomic E-state index is -0.360. The summed E-state index contributed by atoms with van der Waals surface area (Å²) in [7, 11) is 0. The van der Waals surface area contributed by atoms with Crippen LogP contribution >= 0.6 is 0 Å². The van der Waals surface area contributed by atoms with Crippen molar-refractivity contribution in [3.05, 3.63) is 0 Å². The van der Waals surface area contributed by atoms with Gasteiger partial charge in [-0.3, -0.25) is 4.79 Å². The Morgan fingerprint density at radius 1 is 0.778 bits per heavy atom. The Labute approximate surface area is 163 Å². The number of hydrogen-bond acceptors (Lipinski definition) is 3. The maximum absolute atomic E-state index is 13.0. The third kappa shape index (κ3) is 2.81. The van der Waals surface area contributed by atoms with Crippen LogP contribution in [0.1, 0.15) is 77.6 Å². The van der Waals surface area contributed by atoms with Crippen LogP contribution < -0.4 is 0 Å². The smallest absolute Gasteiger partial charge is 0.311 e. The van der Waals surface area contributed by atoms with Crippen molar-refractivity contribution in [3.63, 3.8) is 0 Å². The fourth-order valence-corrected chi connectivity index (χ4v) is 9.11. The van der Waals surface area contributed by atoms with E-state index in [9.17, 15) is 4.79 Å². The van der Waals surface area contributed by atoms with Crippen molar-refractivity contribution >= 4 is 5.97 Å². The first kappa shape index (κ1) is 17.3. The van der Waals surface area contributed by atoms with E-state index >= 15 is 0 Å². The molecule has 0 saturated heterocycles. The van der Waals surface area contributed by atoms with E-state index in [-0.39, 0.29) is 18.2 Å². The number of esters is 1. The van der Waals surface area contributed by atoms with Crippen LogP contribution in [-0.4, -0.2) is 18.4 Å². The van der Waals surface area contributed by atoms with Crippen LogP contribution in [0.4, 0.5) is 0 Å².